The van der Waals surface area contributed by atoms with Gasteiger partial charge in [0.05, 0.1) is 7.11 Å². The summed E-state index contributed by atoms with van der Waals surface area (Å²) in [5.41, 5.74) is 3.98. The van der Waals surface area contributed by atoms with Gasteiger partial charge in [0.2, 0.25) is 0 Å². The van der Waals surface area contributed by atoms with Crippen LogP contribution < -0.4 is 10.1 Å². The van der Waals surface area contributed by atoms with E-state index in [1.54, 1.807) is 7.11 Å². The fraction of sp³-hybridized carbons (Fsp3) is 0.368. The van der Waals surface area contributed by atoms with Gasteiger partial charge in [-0.1, -0.05) is 56.3 Å². The monoisotopic (exact) mass is 283 g/mol. The molecule has 2 aromatic carbocycles. The Morgan fingerprint density at radius 2 is 1.71 bits per heavy atom. The zero-order valence-corrected chi connectivity index (χ0v) is 13.2. The predicted octanol–water partition coefficient (Wildman–Crippen LogP) is 4.15. The van der Waals surface area contributed by atoms with Gasteiger partial charge < -0.3 is 10.1 Å². The number of nitrogens with one attached hydrogen (secondary N) is 1. The van der Waals surface area contributed by atoms with Gasteiger partial charge in [0.15, 0.2) is 0 Å². The lowest BCUT2D eigenvalue weighted by Gasteiger charge is -2.10. The maximum absolute atomic E-state index is 5.37. The summed E-state index contributed by atoms with van der Waals surface area (Å²) in [4.78, 5) is 0. The molecule has 0 saturated carbocycles. The van der Waals surface area contributed by atoms with Crippen LogP contribution in [-0.2, 0) is 13.0 Å². The van der Waals surface area contributed by atoms with Crippen molar-refractivity contribution in [3.8, 4) is 5.75 Å². The van der Waals surface area contributed by atoms with E-state index in [9.17, 15) is 0 Å². The molecule has 0 spiro atoms. The van der Waals surface area contributed by atoms with E-state index in [0.29, 0.717) is 5.92 Å². The van der Waals surface area contributed by atoms with E-state index in [0.717, 1.165) is 25.3 Å². The highest BCUT2D eigenvalue weighted by atomic mass is 16.5. The molecular weight excluding hydrogens is 258 g/mol. The van der Waals surface area contributed by atoms with Gasteiger partial charge in [-0.15, -0.1) is 0 Å². The van der Waals surface area contributed by atoms with E-state index in [2.05, 4.69) is 55.6 Å². The molecule has 21 heavy (non-hydrogen) atoms. The third-order valence-corrected chi connectivity index (χ3v) is 3.74. The molecule has 1 N–H and O–H groups in total. The normalized spacial score (nSPS) is 10.9. The van der Waals surface area contributed by atoms with Gasteiger partial charge in [0, 0.05) is 6.54 Å². The van der Waals surface area contributed by atoms with E-state index in [-0.39, 0.29) is 0 Å². The molecule has 2 aromatic rings. The number of methoxy groups -OCH3 is 1. The molecule has 0 heterocycles. The minimum absolute atomic E-state index is 0.595. The topological polar surface area (TPSA) is 21.3 Å². The quantitative estimate of drug-likeness (QED) is 0.771. The van der Waals surface area contributed by atoms with E-state index < -0.39 is 0 Å². The minimum Gasteiger partial charge on any atom is -0.496 e. The molecule has 0 fully saturated rings. The SMILES string of the molecule is COc1ccccc1CCNCc1ccc(C(C)C)cc1. The summed E-state index contributed by atoms with van der Waals surface area (Å²) in [7, 11) is 1.72. The second-order valence-electron chi connectivity index (χ2n) is 5.63. The second kappa shape index (κ2) is 7.84. The molecule has 2 heteroatoms. The molecule has 0 radical (unpaired) electrons. The number of para-hydroxylation sites is 1. The molecule has 2 nitrogen and oxygen atoms in total. The van der Waals surface area contributed by atoms with Gasteiger partial charge in [0.25, 0.3) is 0 Å². The van der Waals surface area contributed by atoms with E-state index in [1.807, 2.05) is 12.1 Å². The van der Waals surface area contributed by atoms with Crippen LogP contribution >= 0.6 is 0 Å². The summed E-state index contributed by atoms with van der Waals surface area (Å²) in [6.07, 6.45) is 0.980. The van der Waals surface area contributed by atoms with Crippen LogP contribution in [0.5, 0.6) is 5.75 Å². The first-order valence-electron chi connectivity index (χ1n) is 7.62. The van der Waals surface area contributed by atoms with Gasteiger partial charge in [-0.3, -0.25) is 0 Å². The highest BCUT2D eigenvalue weighted by Crippen LogP contribution is 2.17. The van der Waals surface area contributed by atoms with Crippen molar-refractivity contribution in [2.45, 2.75) is 32.7 Å². The highest BCUT2D eigenvalue weighted by molar-refractivity contribution is 5.33. The lowest BCUT2D eigenvalue weighted by atomic mass is 10.0. The third kappa shape index (κ3) is 4.61. The summed E-state index contributed by atoms with van der Waals surface area (Å²) >= 11 is 0. The van der Waals surface area contributed by atoms with Crippen LogP contribution in [0.25, 0.3) is 0 Å². The van der Waals surface area contributed by atoms with E-state index in [1.165, 1.54) is 16.7 Å². The fourth-order valence-corrected chi connectivity index (χ4v) is 2.39. The van der Waals surface area contributed by atoms with Gasteiger partial charge in [-0.25, -0.2) is 0 Å². The van der Waals surface area contributed by atoms with Crippen LogP contribution in [0, 0.1) is 0 Å². The predicted molar refractivity (Wildman–Crippen MR) is 88.9 cm³/mol. The summed E-state index contributed by atoms with van der Waals surface area (Å²) < 4.78 is 5.37. The summed E-state index contributed by atoms with van der Waals surface area (Å²) in [6, 6.07) is 17.1. The maximum Gasteiger partial charge on any atom is 0.122 e. The van der Waals surface area contributed by atoms with Crippen LogP contribution in [-0.4, -0.2) is 13.7 Å². The highest BCUT2D eigenvalue weighted by Gasteiger charge is 2.01. The number of hydrogen-bond donors (Lipinski definition) is 1. The zero-order valence-electron chi connectivity index (χ0n) is 13.2. The van der Waals surface area contributed by atoms with Gasteiger partial charge in [-0.05, 0) is 41.6 Å². The first-order chi connectivity index (χ1) is 10.2. The average Bonchev–Trinajstić information content (AvgIpc) is 2.52. The lowest BCUT2D eigenvalue weighted by molar-refractivity contribution is 0.409. The Kier molecular flexibility index (Phi) is 5.82. The van der Waals surface area contributed by atoms with Gasteiger partial charge >= 0.3 is 0 Å². The van der Waals surface area contributed by atoms with Crippen molar-refractivity contribution in [1.82, 2.24) is 5.32 Å². The van der Waals surface area contributed by atoms with Crippen molar-refractivity contribution in [2.75, 3.05) is 13.7 Å². The minimum atomic E-state index is 0.595. The molecule has 0 aromatic heterocycles. The Balaban J connectivity index is 1.79. The molecule has 0 aliphatic rings. The summed E-state index contributed by atoms with van der Waals surface area (Å²) in [5, 5.41) is 3.49. The van der Waals surface area contributed by atoms with Crippen molar-refractivity contribution in [3.05, 3.63) is 65.2 Å². The van der Waals surface area contributed by atoms with Crippen LogP contribution in [0.1, 0.15) is 36.5 Å². The first-order valence-corrected chi connectivity index (χ1v) is 7.62. The van der Waals surface area contributed by atoms with Gasteiger partial charge in [-0.2, -0.15) is 0 Å². The van der Waals surface area contributed by atoms with Crippen LogP contribution in [0.15, 0.2) is 48.5 Å². The molecule has 112 valence electrons. The lowest BCUT2D eigenvalue weighted by Crippen LogP contribution is -2.17. The van der Waals surface area contributed by atoms with Crippen LogP contribution in [0.4, 0.5) is 0 Å². The van der Waals surface area contributed by atoms with Crippen LogP contribution in [0.2, 0.25) is 0 Å². The van der Waals surface area contributed by atoms with E-state index in [4.69, 9.17) is 4.74 Å². The van der Waals surface area contributed by atoms with Gasteiger partial charge in [0.1, 0.15) is 5.75 Å². The Morgan fingerprint density at radius 3 is 2.38 bits per heavy atom. The average molecular weight is 283 g/mol. The Bertz CT molecular complexity index is 546. The Labute approximate surface area is 128 Å². The Morgan fingerprint density at radius 1 is 1.00 bits per heavy atom. The molecule has 0 saturated heterocycles. The molecule has 0 amide bonds. The number of hydrogen-bond acceptors (Lipinski definition) is 2. The smallest absolute Gasteiger partial charge is 0.122 e. The van der Waals surface area contributed by atoms with Crippen LogP contribution in [0.3, 0.4) is 0 Å². The molecule has 0 aliphatic heterocycles. The maximum atomic E-state index is 5.37. The van der Waals surface area contributed by atoms with E-state index >= 15 is 0 Å². The summed E-state index contributed by atoms with van der Waals surface area (Å²) in [6.45, 7) is 6.31. The fourth-order valence-electron chi connectivity index (χ4n) is 2.39. The molecule has 0 unspecified atom stereocenters. The standard InChI is InChI=1S/C19H25NO/c1-15(2)17-10-8-16(9-11-17)14-20-13-12-18-6-4-5-7-19(18)21-3/h4-11,15,20H,12-14H2,1-3H3. The van der Waals surface area contributed by atoms with Crippen molar-refractivity contribution in [1.29, 1.82) is 0 Å². The number of rotatable bonds is 7. The molecule has 2 rings (SSSR count). The van der Waals surface area contributed by atoms with Crippen molar-refractivity contribution >= 4 is 0 Å². The van der Waals surface area contributed by atoms with Crippen molar-refractivity contribution in [3.63, 3.8) is 0 Å². The molecular formula is C19H25NO. The number of benzene rings is 2. The molecule has 0 aliphatic carbocycles. The van der Waals surface area contributed by atoms with Crippen molar-refractivity contribution < 1.29 is 4.74 Å². The second-order valence-corrected chi connectivity index (χ2v) is 5.63. The molecule has 0 bridgehead atoms. The first kappa shape index (κ1) is 15.6. The molecule has 0 atom stereocenters. The Hall–Kier alpha value is -1.80. The van der Waals surface area contributed by atoms with Crippen molar-refractivity contribution in [2.24, 2.45) is 0 Å². The largest absolute Gasteiger partial charge is 0.496 e. The summed E-state index contributed by atoms with van der Waals surface area (Å²) in [5.74, 6) is 1.57. The number of ether oxygens (including phenoxy) is 1. The third-order valence-electron chi connectivity index (χ3n) is 3.74. The zero-order chi connectivity index (χ0) is 15.1.